The second-order valence-electron chi connectivity index (χ2n) is 8.79. The lowest BCUT2D eigenvalue weighted by atomic mass is 9.93. The topological polar surface area (TPSA) is 78.0 Å². The number of hydrogen-bond acceptors (Lipinski definition) is 4. The number of amides is 1. The molecule has 0 heterocycles. The number of guanidine groups is 1. The Balaban J connectivity index is 2.60. The van der Waals surface area contributed by atoms with Gasteiger partial charge in [-0.15, -0.1) is 0 Å². The van der Waals surface area contributed by atoms with Crippen molar-refractivity contribution >= 4 is 12.1 Å². The number of carbonyl (C=O) groups excluding carboxylic acids is 1. The molecule has 1 saturated carbocycles. The lowest BCUT2D eigenvalue weighted by Crippen LogP contribution is -2.57. The van der Waals surface area contributed by atoms with Gasteiger partial charge in [-0.25, -0.2) is 4.79 Å². The van der Waals surface area contributed by atoms with Crippen LogP contribution in [0, 0.1) is 5.92 Å². The Morgan fingerprint density at radius 3 is 2.19 bits per heavy atom. The van der Waals surface area contributed by atoms with E-state index in [-0.39, 0.29) is 11.6 Å². The highest BCUT2D eigenvalue weighted by Gasteiger charge is 2.33. The number of hydrogen-bond donors (Lipinski definition) is 3. The molecule has 0 aromatic heterocycles. The predicted molar refractivity (Wildman–Crippen MR) is 112 cm³/mol. The van der Waals surface area contributed by atoms with E-state index >= 15 is 0 Å². The van der Waals surface area contributed by atoms with Crippen molar-refractivity contribution in [1.29, 1.82) is 0 Å². The molecule has 1 aliphatic carbocycles. The third-order valence-electron chi connectivity index (χ3n) is 5.25. The number of carbonyl (C=O) groups is 1. The van der Waals surface area contributed by atoms with E-state index in [9.17, 15) is 4.79 Å². The van der Waals surface area contributed by atoms with Crippen LogP contribution in [-0.2, 0) is 4.74 Å². The number of nitrogens with one attached hydrogen (secondary N) is 3. The Bertz CT molecular complexity index is 489. The fourth-order valence-corrected chi connectivity index (χ4v) is 3.17. The molecule has 158 valence electrons. The molecule has 0 spiro atoms. The number of alkyl carbamates (subject to hydrolysis) is 1. The third kappa shape index (κ3) is 8.37. The van der Waals surface area contributed by atoms with Crippen LogP contribution >= 0.6 is 0 Å². The molecule has 0 aromatic carbocycles. The molecule has 3 N–H and O–H groups in total. The summed E-state index contributed by atoms with van der Waals surface area (Å²) < 4.78 is 5.44. The Morgan fingerprint density at radius 1 is 1.19 bits per heavy atom. The zero-order chi connectivity index (χ0) is 20.7. The molecule has 7 heteroatoms. The Morgan fingerprint density at radius 2 is 1.78 bits per heavy atom. The summed E-state index contributed by atoms with van der Waals surface area (Å²) in [5.74, 6) is 1.55. The van der Waals surface area contributed by atoms with E-state index in [2.05, 4.69) is 53.8 Å². The first kappa shape index (κ1) is 23.5. The highest BCUT2D eigenvalue weighted by atomic mass is 16.6. The minimum atomic E-state index is -0.508. The van der Waals surface area contributed by atoms with Gasteiger partial charge in [-0.3, -0.25) is 4.99 Å². The first-order valence-corrected chi connectivity index (χ1v) is 10.2. The molecule has 0 aromatic rings. The van der Waals surface area contributed by atoms with Crippen LogP contribution < -0.4 is 16.0 Å². The van der Waals surface area contributed by atoms with Gasteiger partial charge in [0.1, 0.15) is 5.60 Å². The number of ether oxygens (including phenoxy) is 1. The SMILES string of the molecule is CCC(CC)(CNC(=NC)NCC(C1CC1)N(C)C)NC(=O)OC(C)(C)C. The van der Waals surface area contributed by atoms with Gasteiger partial charge >= 0.3 is 6.09 Å². The van der Waals surface area contributed by atoms with Crippen molar-refractivity contribution in [3.05, 3.63) is 0 Å². The number of aliphatic imine (C=N–C) groups is 1. The maximum absolute atomic E-state index is 12.3. The van der Waals surface area contributed by atoms with E-state index in [1.165, 1.54) is 12.8 Å². The summed E-state index contributed by atoms with van der Waals surface area (Å²) in [5, 5.41) is 9.88. The number of nitrogens with zero attached hydrogens (tertiary/aromatic N) is 2. The maximum atomic E-state index is 12.3. The highest BCUT2D eigenvalue weighted by molar-refractivity contribution is 5.80. The van der Waals surface area contributed by atoms with Crippen LogP contribution in [0.1, 0.15) is 60.3 Å². The van der Waals surface area contributed by atoms with E-state index in [0.717, 1.165) is 31.3 Å². The summed E-state index contributed by atoms with van der Waals surface area (Å²) in [6, 6.07) is 0.519. The molecule has 1 fully saturated rings. The van der Waals surface area contributed by atoms with Gasteiger partial charge in [-0.05, 0) is 66.5 Å². The van der Waals surface area contributed by atoms with Crippen LogP contribution in [0.15, 0.2) is 4.99 Å². The van der Waals surface area contributed by atoms with Crippen molar-refractivity contribution in [3.8, 4) is 0 Å². The lowest BCUT2D eigenvalue weighted by molar-refractivity contribution is 0.0448. The van der Waals surface area contributed by atoms with Crippen LogP contribution in [0.5, 0.6) is 0 Å². The average molecular weight is 384 g/mol. The van der Waals surface area contributed by atoms with Crippen LogP contribution in [0.2, 0.25) is 0 Å². The minimum absolute atomic E-state index is 0.377. The van der Waals surface area contributed by atoms with Crippen molar-refractivity contribution in [3.63, 3.8) is 0 Å². The fraction of sp³-hybridized carbons (Fsp3) is 0.900. The molecule has 0 bridgehead atoms. The Kier molecular flexibility index (Phi) is 8.85. The first-order chi connectivity index (χ1) is 12.6. The van der Waals surface area contributed by atoms with Crippen molar-refractivity contribution in [2.45, 2.75) is 77.5 Å². The van der Waals surface area contributed by atoms with E-state index in [0.29, 0.717) is 12.6 Å². The predicted octanol–water partition coefficient (Wildman–Crippen LogP) is 2.58. The van der Waals surface area contributed by atoms with Gasteiger partial charge in [0.15, 0.2) is 5.96 Å². The average Bonchev–Trinajstić information content (AvgIpc) is 3.39. The van der Waals surface area contributed by atoms with Crippen LogP contribution in [0.3, 0.4) is 0 Å². The summed E-state index contributed by atoms with van der Waals surface area (Å²) in [5.41, 5.74) is -0.885. The molecule has 1 amide bonds. The van der Waals surface area contributed by atoms with Crippen molar-refractivity contribution in [2.75, 3.05) is 34.2 Å². The first-order valence-electron chi connectivity index (χ1n) is 10.2. The van der Waals surface area contributed by atoms with E-state index in [1.807, 2.05) is 20.8 Å². The van der Waals surface area contributed by atoms with Gasteiger partial charge in [0.25, 0.3) is 0 Å². The normalized spacial score (nSPS) is 16.9. The molecule has 0 saturated heterocycles. The lowest BCUT2D eigenvalue weighted by Gasteiger charge is -2.34. The molecular weight excluding hydrogens is 342 g/mol. The molecule has 1 atom stereocenters. The second kappa shape index (κ2) is 10.2. The summed E-state index contributed by atoms with van der Waals surface area (Å²) >= 11 is 0. The molecular formula is C20H41N5O2. The molecule has 1 unspecified atom stereocenters. The maximum Gasteiger partial charge on any atom is 0.408 e. The van der Waals surface area contributed by atoms with Gasteiger partial charge in [0.05, 0.1) is 5.54 Å². The molecule has 1 rings (SSSR count). The van der Waals surface area contributed by atoms with Gasteiger partial charge in [-0.1, -0.05) is 13.8 Å². The van der Waals surface area contributed by atoms with E-state index < -0.39 is 5.60 Å². The Hall–Kier alpha value is -1.50. The van der Waals surface area contributed by atoms with Gasteiger partial charge < -0.3 is 25.6 Å². The summed E-state index contributed by atoms with van der Waals surface area (Å²) in [6.07, 6.45) is 3.85. The van der Waals surface area contributed by atoms with Crippen molar-refractivity contribution in [2.24, 2.45) is 10.9 Å². The largest absolute Gasteiger partial charge is 0.444 e. The molecule has 27 heavy (non-hydrogen) atoms. The molecule has 1 aliphatic rings. The van der Waals surface area contributed by atoms with E-state index in [1.54, 1.807) is 7.05 Å². The van der Waals surface area contributed by atoms with Gasteiger partial charge in [-0.2, -0.15) is 0 Å². The summed E-state index contributed by atoms with van der Waals surface area (Å²) in [6.45, 7) is 11.2. The number of rotatable bonds is 9. The van der Waals surface area contributed by atoms with Crippen molar-refractivity contribution in [1.82, 2.24) is 20.9 Å². The zero-order valence-corrected chi connectivity index (χ0v) is 18.6. The van der Waals surface area contributed by atoms with E-state index in [4.69, 9.17) is 4.74 Å². The van der Waals surface area contributed by atoms with Gasteiger partial charge in [0.2, 0.25) is 0 Å². The molecule has 0 aliphatic heterocycles. The summed E-state index contributed by atoms with van der Waals surface area (Å²) in [4.78, 5) is 18.9. The minimum Gasteiger partial charge on any atom is -0.444 e. The molecule has 7 nitrogen and oxygen atoms in total. The van der Waals surface area contributed by atoms with Crippen LogP contribution in [0.25, 0.3) is 0 Å². The smallest absolute Gasteiger partial charge is 0.408 e. The highest BCUT2D eigenvalue weighted by Crippen LogP contribution is 2.34. The van der Waals surface area contributed by atoms with Crippen LogP contribution in [-0.4, -0.2) is 68.4 Å². The standard InChI is InChI=1S/C20H41N5O2/c1-9-20(10-2,24-18(26)27-19(3,4)5)14-23-17(21-6)22-13-16(25(7)8)15-11-12-15/h15-16H,9-14H2,1-8H3,(H,24,26)(H2,21,22,23). The zero-order valence-electron chi connectivity index (χ0n) is 18.6. The molecule has 0 radical (unpaired) electrons. The van der Waals surface area contributed by atoms with Crippen molar-refractivity contribution < 1.29 is 9.53 Å². The third-order valence-corrected chi connectivity index (χ3v) is 5.25. The van der Waals surface area contributed by atoms with Crippen LogP contribution in [0.4, 0.5) is 4.79 Å². The second-order valence-corrected chi connectivity index (χ2v) is 8.79. The quantitative estimate of drug-likeness (QED) is 0.421. The summed E-state index contributed by atoms with van der Waals surface area (Å²) in [7, 11) is 6.04. The van der Waals surface area contributed by atoms with Gasteiger partial charge in [0, 0.05) is 26.2 Å². The fourth-order valence-electron chi connectivity index (χ4n) is 3.17. The monoisotopic (exact) mass is 383 g/mol. The Labute approximate surface area is 165 Å². The number of likely N-dealkylation sites (N-methyl/N-ethyl adjacent to an activating group) is 1.